The lowest BCUT2D eigenvalue weighted by atomic mass is 10.2. The number of thiazole rings is 1. The molecule has 2 heterocycles. The van der Waals surface area contributed by atoms with Crippen LogP contribution in [0, 0.1) is 0 Å². The molecule has 1 atom stereocenters. The molecule has 1 fully saturated rings. The third kappa shape index (κ3) is 2.45. The van der Waals surface area contributed by atoms with Crippen molar-refractivity contribution in [1.82, 2.24) is 4.98 Å². The minimum Gasteiger partial charge on any atom is -0.390 e. The first-order chi connectivity index (χ1) is 6.38. The van der Waals surface area contributed by atoms with Crippen molar-refractivity contribution in [3.05, 3.63) is 16.1 Å². The van der Waals surface area contributed by atoms with Gasteiger partial charge in [0.05, 0.1) is 17.3 Å². The second-order valence-corrected chi connectivity index (χ2v) is 5.58. The van der Waals surface area contributed by atoms with Crippen molar-refractivity contribution >= 4 is 23.1 Å². The quantitative estimate of drug-likeness (QED) is 0.838. The Hall–Kier alpha value is -0.0600. The maximum Gasteiger partial charge on any atom is 0.0940 e. The van der Waals surface area contributed by atoms with Gasteiger partial charge in [-0.2, -0.15) is 11.8 Å². The van der Waals surface area contributed by atoms with Crippen LogP contribution in [0.2, 0.25) is 0 Å². The van der Waals surface area contributed by atoms with Gasteiger partial charge >= 0.3 is 0 Å². The van der Waals surface area contributed by atoms with E-state index in [1.807, 2.05) is 5.38 Å². The number of aliphatic hydroxyl groups excluding tert-OH is 1. The van der Waals surface area contributed by atoms with E-state index in [1.54, 1.807) is 11.3 Å². The number of aliphatic hydroxyl groups is 1. The maximum atomic E-state index is 8.85. The molecule has 0 aromatic carbocycles. The van der Waals surface area contributed by atoms with Gasteiger partial charge in [0.25, 0.3) is 0 Å². The second-order valence-electron chi connectivity index (χ2n) is 3.23. The van der Waals surface area contributed by atoms with Gasteiger partial charge in [-0.1, -0.05) is 0 Å². The van der Waals surface area contributed by atoms with E-state index in [4.69, 9.17) is 5.11 Å². The van der Waals surface area contributed by atoms with Crippen molar-refractivity contribution in [3.63, 3.8) is 0 Å². The van der Waals surface area contributed by atoms with Crippen LogP contribution in [0.1, 0.15) is 23.5 Å². The van der Waals surface area contributed by atoms with Crippen molar-refractivity contribution < 1.29 is 5.11 Å². The first-order valence-electron chi connectivity index (χ1n) is 4.54. The van der Waals surface area contributed by atoms with Crippen LogP contribution in [-0.2, 0) is 13.0 Å². The fourth-order valence-corrected chi connectivity index (χ4v) is 3.76. The molecule has 1 N–H and O–H groups in total. The molecule has 2 nitrogen and oxygen atoms in total. The zero-order valence-electron chi connectivity index (χ0n) is 7.40. The Balaban J connectivity index is 1.92. The first kappa shape index (κ1) is 9.49. The van der Waals surface area contributed by atoms with Crippen molar-refractivity contribution in [1.29, 1.82) is 0 Å². The zero-order valence-corrected chi connectivity index (χ0v) is 9.03. The molecule has 1 unspecified atom stereocenters. The SMILES string of the molecule is OCc1csc(CC2CCCS2)n1. The van der Waals surface area contributed by atoms with E-state index in [2.05, 4.69) is 16.7 Å². The third-order valence-corrected chi connectivity index (χ3v) is 4.51. The van der Waals surface area contributed by atoms with Gasteiger partial charge in [0, 0.05) is 17.1 Å². The van der Waals surface area contributed by atoms with Crippen LogP contribution >= 0.6 is 23.1 Å². The van der Waals surface area contributed by atoms with E-state index >= 15 is 0 Å². The average Bonchev–Trinajstić information content (AvgIpc) is 2.76. The highest BCUT2D eigenvalue weighted by atomic mass is 32.2. The van der Waals surface area contributed by atoms with Gasteiger partial charge in [0.15, 0.2) is 0 Å². The number of hydrogen-bond donors (Lipinski definition) is 1. The highest BCUT2D eigenvalue weighted by Crippen LogP contribution is 2.29. The molecule has 0 bridgehead atoms. The number of nitrogens with zero attached hydrogens (tertiary/aromatic N) is 1. The van der Waals surface area contributed by atoms with E-state index in [0.29, 0.717) is 0 Å². The van der Waals surface area contributed by atoms with Gasteiger partial charge in [-0.3, -0.25) is 0 Å². The molecular formula is C9H13NOS2. The van der Waals surface area contributed by atoms with Crippen LogP contribution in [0.25, 0.3) is 0 Å². The lowest BCUT2D eigenvalue weighted by Crippen LogP contribution is -2.01. The Bertz CT molecular complexity index is 268. The standard InChI is InChI=1S/C9H13NOS2/c11-5-7-6-13-9(10-7)4-8-2-1-3-12-8/h6,8,11H,1-5H2. The fraction of sp³-hybridized carbons (Fsp3) is 0.667. The van der Waals surface area contributed by atoms with Crippen LogP contribution in [0.4, 0.5) is 0 Å². The Labute approximate surface area is 86.4 Å². The van der Waals surface area contributed by atoms with Crippen molar-refractivity contribution in [2.24, 2.45) is 0 Å². The number of aromatic nitrogens is 1. The molecule has 0 aliphatic carbocycles. The van der Waals surface area contributed by atoms with E-state index in [9.17, 15) is 0 Å². The molecule has 72 valence electrons. The van der Waals surface area contributed by atoms with Crippen LogP contribution in [0.5, 0.6) is 0 Å². The van der Waals surface area contributed by atoms with Gasteiger partial charge in [-0.15, -0.1) is 11.3 Å². The molecule has 1 aromatic rings. The molecule has 0 saturated carbocycles. The number of rotatable bonds is 3. The lowest BCUT2D eigenvalue weighted by Gasteiger charge is -2.03. The monoisotopic (exact) mass is 215 g/mol. The predicted octanol–water partition coefficient (Wildman–Crippen LogP) is 2.07. The van der Waals surface area contributed by atoms with Gasteiger partial charge < -0.3 is 5.11 Å². The summed E-state index contributed by atoms with van der Waals surface area (Å²) in [6.07, 6.45) is 3.78. The van der Waals surface area contributed by atoms with Crippen molar-refractivity contribution in [2.45, 2.75) is 31.1 Å². The molecule has 1 aromatic heterocycles. The minimum atomic E-state index is 0.0777. The summed E-state index contributed by atoms with van der Waals surface area (Å²) in [6.45, 7) is 0.0777. The number of thioether (sulfide) groups is 1. The van der Waals surface area contributed by atoms with Crippen molar-refractivity contribution in [3.8, 4) is 0 Å². The van der Waals surface area contributed by atoms with Gasteiger partial charge in [0.1, 0.15) is 0 Å². The van der Waals surface area contributed by atoms with Crippen LogP contribution < -0.4 is 0 Å². The minimum absolute atomic E-state index is 0.0777. The first-order valence-corrected chi connectivity index (χ1v) is 6.47. The van der Waals surface area contributed by atoms with E-state index in [1.165, 1.54) is 23.6 Å². The summed E-state index contributed by atoms with van der Waals surface area (Å²) in [5.74, 6) is 1.31. The molecule has 2 rings (SSSR count). The molecule has 0 spiro atoms. The number of hydrogen-bond acceptors (Lipinski definition) is 4. The summed E-state index contributed by atoms with van der Waals surface area (Å²) < 4.78 is 0. The Morgan fingerprint density at radius 2 is 2.54 bits per heavy atom. The molecular weight excluding hydrogens is 202 g/mol. The normalized spacial score (nSPS) is 22.4. The third-order valence-electron chi connectivity index (χ3n) is 2.19. The summed E-state index contributed by atoms with van der Waals surface area (Å²) in [7, 11) is 0. The summed E-state index contributed by atoms with van der Waals surface area (Å²) in [4.78, 5) is 4.35. The summed E-state index contributed by atoms with van der Waals surface area (Å²) in [5.41, 5.74) is 0.822. The van der Waals surface area contributed by atoms with Crippen LogP contribution in [-0.4, -0.2) is 21.1 Å². The smallest absolute Gasteiger partial charge is 0.0940 e. The highest BCUT2D eigenvalue weighted by Gasteiger charge is 2.17. The molecule has 4 heteroatoms. The summed E-state index contributed by atoms with van der Waals surface area (Å²) in [6, 6.07) is 0. The lowest BCUT2D eigenvalue weighted by molar-refractivity contribution is 0.277. The molecule has 13 heavy (non-hydrogen) atoms. The molecule has 0 radical (unpaired) electrons. The predicted molar refractivity (Wildman–Crippen MR) is 57.2 cm³/mol. The zero-order chi connectivity index (χ0) is 9.10. The topological polar surface area (TPSA) is 33.1 Å². The Kier molecular flexibility index (Phi) is 3.24. The van der Waals surface area contributed by atoms with Gasteiger partial charge in [-0.25, -0.2) is 4.98 Å². The van der Waals surface area contributed by atoms with E-state index in [-0.39, 0.29) is 6.61 Å². The average molecular weight is 215 g/mol. The van der Waals surface area contributed by atoms with Gasteiger partial charge in [-0.05, 0) is 18.6 Å². The summed E-state index contributed by atoms with van der Waals surface area (Å²) >= 11 is 3.73. The molecule has 1 aliphatic rings. The summed E-state index contributed by atoms with van der Waals surface area (Å²) in [5, 5.41) is 12.8. The van der Waals surface area contributed by atoms with Crippen LogP contribution in [0.15, 0.2) is 5.38 Å². The Morgan fingerprint density at radius 1 is 1.62 bits per heavy atom. The van der Waals surface area contributed by atoms with E-state index < -0.39 is 0 Å². The largest absolute Gasteiger partial charge is 0.390 e. The van der Waals surface area contributed by atoms with E-state index in [0.717, 1.165) is 17.4 Å². The fourth-order valence-electron chi connectivity index (χ4n) is 1.52. The van der Waals surface area contributed by atoms with Crippen molar-refractivity contribution in [2.75, 3.05) is 5.75 Å². The molecule has 1 aliphatic heterocycles. The molecule has 1 saturated heterocycles. The Morgan fingerprint density at radius 3 is 3.15 bits per heavy atom. The van der Waals surface area contributed by atoms with Crippen LogP contribution in [0.3, 0.4) is 0 Å². The second kappa shape index (κ2) is 4.44. The van der Waals surface area contributed by atoms with Gasteiger partial charge in [0.2, 0.25) is 0 Å². The maximum absolute atomic E-state index is 8.85. The molecule has 0 amide bonds. The highest BCUT2D eigenvalue weighted by molar-refractivity contribution is 8.00.